The number of carboxylic acids is 1. The first-order chi connectivity index (χ1) is 10.1. The average molecular weight is 325 g/mol. The summed E-state index contributed by atoms with van der Waals surface area (Å²) >= 11 is 0. The summed E-state index contributed by atoms with van der Waals surface area (Å²) in [6.07, 6.45) is -9.94. The molecular formula is C11H19NO10. The van der Waals surface area contributed by atoms with Crippen LogP contribution in [-0.2, 0) is 14.3 Å². The minimum atomic E-state index is -3.27. The van der Waals surface area contributed by atoms with Crippen molar-refractivity contribution in [2.45, 2.75) is 49.3 Å². The van der Waals surface area contributed by atoms with Gasteiger partial charge in [0.05, 0.1) is 12.6 Å². The number of hydrogen-bond acceptors (Lipinski definition) is 9. The van der Waals surface area contributed by atoms with Crippen molar-refractivity contribution in [1.29, 1.82) is 0 Å². The highest BCUT2D eigenvalue weighted by atomic mass is 16.7. The van der Waals surface area contributed by atoms with E-state index in [-0.39, 0.29) is 0 Å². The Morgan fingerprint density at radius 1 is 1.32 bits per heavy atom. The van der Waals surface area contributed by atoms with Crippen LogP contribution in [0.3, 0.4) is 0 Å². The Labute approximate surface area is 124 Å². The van der Waals surface area contributed by atoms with Crippen LogP contribution in [0.25, 0.3) is 0 Å². The number of carbonyl (C=O) groups is 2. The summed E-state index contributed by atoms with van der Waals surface area (Å²) in [7, 11) is 0. The molecule has 22 heavy (non-hydrogen) atoms. The van der Waals surface area contributed by atoms with Gasteiger partial charge in [0.15, 0.2) is 0 Å². The number of hydrogen-bond donors (Lipinski definition) is 8. The van der Waals surface area contributed by atoms with Gasteiger partial charge < -0.3 is 45.8 Å². The Morgan fingerprint density at radius 3 is 2.27 bits per heavy atom. The molecule has 11 heteroatoms. The van der Waals surface area contributed by atoms with Gasteiger partial charge in [-0.2, -0.15) is 0 Å². The maximum absolute atomic E-state index is 11.1. The third kappa shape index (κ3) is 3.35. The van der Waals surface area contributed by atoms with E-state index in [1.54, 1.807) is 0 Å². The third-order valence-electron chi connectivity index (χ3n) is 3.36. The van der Waals surface area contributed by atoms with Crippen LogP contribution in [0.15, 0.2) is 0 Å². The van der Waals surface area contributed by atoms with Gasteiger partial charge in [-0.15, -0.1) is 0 Å². The van der Waals surface area contributed by atoms with Crippen molar-refractivity contribution in [3.8, 4) is 0 Å². The second kappa shape index (κ2) is 6.83. The molecule has 0 aromatic rings. The van der Waals surface area contributed by atoms with Gasteiger partial charge in [0, 0.05) is 6.92 Å². The van der Waals surface area contributed by atoms with Crippen LogP contribution in [0.5, 0.6) is 0 Å². The second-order valence-corrected chi connectivity index (χ2v) is 4.99. The van der Waals surface area contributed by atoms with Crippen molar-refractivity contribution >= 4 is 11.9 Å². The molecule has 1 heterocycles. The number of ether oxygens (including phenoxy) is 1. The van der Waals surface area contributed by atoms with E-state index in [2.05, 4.69) is 5.32 Å². The summed E-state index contributed by atoms with van der Waals surface area (Å²) in [5.74, 6) is -6.03. The fraction of sp³-hybridized carbons (Fsp3) is 0.818. The molecule has 1 unspecified atom stereocenters. The van der Waals surface area contributed by atoms with E-state index in [4.69, 9.17) is 14.9 Å². The van der Waals surface area contributed by atoms with Gasteiger partial charge in [-0.1, -0.05) is 0 Å². The van der Waals surface area contributed by atoms with E-state index >= 15 is 0 Å². The lowest BCUT2D eigenvalue weighted by atomic mass is 9.86. The highest BCUT2D eigenvalue weighted by Gasteiger charge is 2.60. The van der Waals surface area contributed by atoms with Crippen LogP contribution >= 0.6 is 0 Å². The van der Waals surface area contributed by atoms with E-state index in [9.17, 15) is 35.1 Å². The first kappa shape index (κ1) is 18.7. The Bertz CT molecular complexity index is 431. The number of aliphatic hydroxyl groups excluding tert-OH is 5. The lowest BCUT2D eigenvalue weighted by Crippen LogP contribution is -2.73. The zero-order chi connectivity index (χ0) is 17.2. The molecule has 1 fully saturated rings. The Morgan fingerprint density at radius 2 is 1.86 bits per heavy atom. The van der Waals surface area contributed by atoms with Crippen molar-refractivity contribution in [3.63, 3.8) is 0 Å². The fourth-order valence-corrected chi connectivity index (χ4v) is 2.16. The SMILES string of the molecule is CC(=O)N[C@H]1[C@H]([C@H](O)[C@H](O)CO)O[C@](O)(C(=O)O)C(O)[C@@H]1O. The predicted molar refractivity (Wildman–Crippen MR) is 66.2 cm³/mol. The lowest BCUT2D eigenvalue weighted by molar-refractivity contribution is -0.332. The summed E-state index contributed by atoms with van der Waals surface area (Å²) < 4.78 is 4.73. The van der Waals surface area contributed by atoms with Crippen LogP contribution in [0.2, 0.25) is 0 Å². The lowest BCUT2D eigenvalue weighted by Gasteiger charge is -2.47. The molecule has 11 nitrogen and oxygen atoms in total. The summed E-state index contributed by atoms with van der Waals surface area (Å²) in [4.78, 5) is 22.2. The summed E-state index contributed by atoms with van der Waals surface area (Å²) in [5, 5.41) is 68.6. The smallest absolute Gasteiger partial charge is 0.367 e. The maximum Gasteiger partial charge on any atom is 0.367 e. The van der Waals surface area contributed by atoms with E-state index < -0.39 is 60.8 Å². The molecule has 1 saturated heterocycles. The Hall–Kier alpha value is -1.34. The quantitative estimate of drug-likeness (QED) is 0.242. The Balaban J connectivity index is 3.19. The molecule has 8 N–H and O–H groups in total. The van der Waals surface area contributed by atoms with E-state index in [0.717, 1.165) is 6.92 Å². The zero-order valence-electron chi connectivity index (χ0n) is 11.5. The number of aliphatic hydroxyl groups is 6. The van der Waals surface area contributed by atoms with Crippen molar-refractivity contribution in [2.75, 3.05) is 6.61 Å². The number of carbonyl (C=O) groups excluding carboxylic acids is 1. The van der Waals surface area contributed by atoms with Crippen molar-refractivity contribution in [2.24, 2.45) is 0 Å². The molecule has 1 aliphatic rings. The van der Waals surface area contributed by atoms with Crippen molar-refractivity contribution in [1.82, 2.24) is 5.32 Å². The number of rotatable bonds is 5. The summed E-state index contributed by atoms with van der Waals surface area (Å²) in [5.41, 5.74) is 0. The fourth-order valence-electron chi connectivity index (χ4n) is 2.16. The highest BCUT2D eigenvalue weighted by molar-refractivity contribution is 5.77. The van der Waals surface area contributed by atoms with Gasteiger partial charge in [0.1, 0.15) is 30.5 Å². The number of amides is 1. The highest BCUT2D eigenvalue weighted by Crippen LogP contribution is 2.31. The average Bonchev–Trinajstić information content (AvgIpc) is 2.45. The van der Waals surface area contributed by atoms with Gasteiger partial charge in [-0.25, -0.2) is 4.79 Å². The van der Waals surface area contributed by atoms with Crippen molar-refractivity contribution in [3.05, 3.63) is 0 Å². The molecule has 0 aliphatic carbocycles. The molecule has 128 valence electrons. The minimum absolute atomic E-state index is 0.712. The Kier molecular flexibility index (Phi) is 5.81. The van der Waals surface area contributed by atoms with Crippen molar-refractivity contribution < 1.29 is 50.1 Å². The predicted octanol–water partition coefficient (Wildman–Crippen LogP) is -4.90. The minimum Gasteiger partial charge on any atom is -0.477 e. The standard InChI is InChI=1S/C11H19NO10/c1-3(14)12-5-7(17)9(18)11(21,10(19)20)22-8(5)6(16)4(15)2-13/h4-9,13,15-18,21H,2H2,1H3,(H,12,14)(H,19,20)/t4-,5-,6-,7-,8-,9?,11+/m1/s1. The van der Waals surface area contributed by atoms with Crippen LogP contribution in [-0.4, -0.2) is 96.6 Å². The summed E-state index contributed by atoms with van der Waals surface area (Å²) in [6.45, 7) is 0.112. The van der Waals surface area contributed by atoms with Crippen LogP contribution in [0.1, 0.15) is 6.92 Å². The van der Waals surface area contributed by atoms with Gasteiger partial charge >= 0.3 is 5.97 Å². The molecule has 0 aromatic carbocycles. The molecule has 7 atom stereocenters. The first-order valence-corrected chi connectivity index (χ1v) is 6.30. The number of nitrogens with one attached hydrogen (secondary N) is 1. The van der Waals surface area contributed by atoms with Gasteiger partial charge in [-0.3, -0.25) is 4.79 Å². The second-order valence-electron chi connectivity index (χ2n) is 4.99. The topological polar surface area (TPSA) is 197 Å². The van der Waals surface area contributed by atoms with Crippen LogP contribution in [0, 0.1) is 0 Å². The van der Waals surface area contributed by atoms with E-state index in [0.29, 0.717) is 0 Å². The normalized spacial score (nSPS) is 38.1. The van der Waals surface area contributed by atoms with Gasteiger partial charge in [-0.05, 0) is 0 Å². The molecular weight excluding hydrogens is 306 g/mol. The molecule has 0 saturated carbocycles. The molecule has 0 radical (unpaired) electrons. The summed E-state index contributed by atoms with van der Waals surface area (Å²) in [6, 6.07) is -1.54. The van der Waals surface area contributed by atoms with E-state index in [1.165, 1.54) is 0 Å². The molecule has 0 spiro atoms. The zero-order valence-corrected chi connectivity index (χ0v) is 11.5. The molecule has 0 aromatic heterocycles. The third-order valence-corrected chi connectivity index (χ3v) is 3.36. The van der Waals surface area contributed by atoms with Gasteiger partial charge in [0.2, 0.25) is 5.91 Å². The first-order valence-electron chi connectivity index (χ1n) is 6.30. The molecule has 1 rings (SSSR count). The van der Waals surface area contributed by atoms with Crippen LogP contribution in [0.4, 0.5) is 0 Å². The number of aliphatic carboxylic acids is 1. The number of carboxylic acid groups (broad SMARTS) is 1. The maximum atomic E-state index is 11.1. The molecule has 0 bridgehead atoms. The largest absolute Gasteiger partial charge is 0.477 e. The molecule has 1 amide bonds. The van der Waals surface area contributed by atoms with E-state index in [1.807, 2.05) is 0 Å². The molecule has 1 aliphatic heterocycles. The van der Waals surface area contributed by atoms with Gasteiger partial charge in [0.25, 0.3) is 5.79 Å². The van der Waals surface area contributed by atoms with Crippen LogP contribution < -0.4 is 5.32 Å². The monoisotopic (exact) mass is 325 g/mol.